The number of carbonyl (C=O) groups is 1. The van der Waals surface area contributed by atoms with Crippen molar-refractivity contribution in [1.29, 1.82) is 0 Å². The second-order valence-electron chi connectivity index (χ2n) is 4.25. The van der Waals surface area contributed by atoms with Crippen molar-refractivity contribution in [2.45, 2.75) is 13.0 Å². The van der Waals surface area contributed by atoms with Crippen LogP contribution in [0.4, 0.5) is 5.69 Å². The molecule has 1 atom stereocenters. The molecule has 2 aromatic rings. The van der Waals surface area contributed by atoms with E-state index in [-0.39, 0.29) is 12.5 Å². The Morgan fingerprint density at radius 2 is 2.42 bits per heavy atom. The maximum absolute atomic E-state index is 12.0. The summed E-state index contributed by atoms with van der Waals surface area (Å²) < 4.78 is 1.44. The zero-order chi connectivity index (χ0) is 14.0. The van der Waals surface area contributed by atoms with Crippen LogP contribution in [0.2, 0.25) is 0 Å². The number of carbonyl (C=O) groups excluding carboxylic acids is 1. The highest BCUT2D eigenvalue weighted by Gasteiger charge is 2.18. The van der Waals surface area contributed by atoms with Gasteiger partial charge in [0, 0.05) is 13.6 Å². The summed E-state index contributed by atoms with van der Waals surface area (Å²) in [6.07, 6.45) is -0.717. The van der Waals surface area contributed by atoms with E-state index in [1.54, 1.807) is 14.0 Å². The number of nitrogens with two attached hydrogens (primary N) is 1. The third-order valence-corrected chi connectivity index (χ3v) is 3.57. The molecule has 0 saturated heterocycles. The molecule has 2 aromatic heterocycles. The molecule has 2 heterocycles. The Kier molecular flexibility index (Phi) is 3.87. The van der Waals surface area contributed by atoms with Gasteiger partial charge < -0.3 is 16.2 Å². The Morgan fingerprint density at radius 1 is 1.68 bits per heavy atom. The van der Waals surface area contributed by atoms with Gasteiger partial charge in [0.25, 0.3) is 5.91 Å². The zero-order valence-corrected chi connectivity index (χ0v) is 11.6. The van der Waals surface area contributed by atoms with Gasteiger partial charge >= 0.3 is 0 Å². The lowest BCUT2D eigenvalue weighted by Crippen LogP contribution is -2.30. The molecule has 0 aromatic carbocycles. The molecule has 2 rings (SSSR count). The molecule has 1 amide bonds. The molecule has 19 heavy (non-hydrogen) atoms. The maximum atomic E-state index is 12.0. The largest absolute Gasteiger partial charge is 0.395 e. The van der Waals surface area contributed by atoms with E-state index < -0.39 is 6.10 Å². The fourth-order valence-electron chi connectivity index (χ4n) is 1.80. The van der Waals surface area contributed by atoms with Gasteiger partial charge in [0.15, 0.2) is 0 Å². The normalized spacial score (nSPS) is 12.4. The fraction of sp³-hybridized carbons (Fsp3) is 0.333. The van der Waals surface area contributed by atoms with Crippen LogP contribution in [0.15, 0.2) is 16.8 Å². The molecule has 0 aliphatic rings. The molecule has 7 heteroatoms. The minimum absolute atomic E-state index is 0.138. The molecule has 0 saturated carbocycles. The number of hydrogen-bond acceptors (Lipinski definition) is 5. The number of aliphatic hydroxyl groups excluding tert-OH is 1. The molecule has 0 aliphatic carbocycles. The predicted octanol–water partition coefficient (Wildman–Crippen LogP) is 0.836. The van der Waals surface area contributed by atoms with Crippen LogP contribution in [0.3, 0.4) is 0 Å². The predicted molar refractivity (Wildman–Crippen MR) is 74.0 cm³/mol. The Labute approximate surface area is 114 Å². The number of nitrogens with zero attached hydrogens (tertiary/aromatic N) is 2. The summed E-state index contributed by atoms with van der Waals surface area (Å²) in [5.74, 6) is -0.338. The molecule has 6 nitrogen and oxygen atoms in total. The first-order valence-electron chi connectivity index (χ1n) is 5.78. The van der Waals surface area contributed by atoms with Gasteiger partial charge in [0.1, 0.15) is 5.69 Å². The van der Waals surface area contributed by atoms with Crippen molar-refractivity contribution < 1.29 is 9.90 Å². The first-order valence-corrected chi connectivity index (χ1v) is 6.72. The Morgan fingerprint density at radius 3 is 2.95 bits per heavy atom. The van der Waals surface area contributed by atoms with Crippen LogP contribution in [-0.4, -0.2) is 27.3 Å². The van der Waals surface area contributed by atoms with E-state index in [1.165, 1.54) is 16.0 Å². The smallest absolute Gasteiger partial charge is 0.271 e. The highest BCUT2D eigenvalue weighted by atomic mass is 32.1. The summed E-state index contributed by atoms with van der Waals surface area (Å²) in [6.45, 7) is 1.88. The topological polar surface area (TPSA) is 93.2 Å². The van der Waals surface area contributed by atoms with E-state index in [9.17, 15) is 9.90 Å². The number of nitrogens with one attached hydrogen (secondary N) is 1. The lowest BCUT2D eigenvalue weighted by Gasteiger charge is -2.11. The van der Waals surface area contributed by atoms with Gasteiger partial charge in [-0.15, -0.1) is 0 Å². The van der Waals surface area contributed by atoms with Crippen molar-refractivity contribution >= 4 is 22.9 Å². The summed E-state index contributed by atoms with van der Waals surface area (Å²) in [5, 5.41) is 20.3. The van der Waals surface area contributed by atoms with Crippen molar-refractivity contribution in [3.63, 3.8) is 0 Å². The van der Waals surface area contributed by atoms with Crippen LogP contribution < -0.4 is 11.1 Å². The first-order chi connectivity index (χ1) is 9.00. The van der Waals surface area contributed by atoms with Crippen molar-refractivity contribution in [3.05, 3.63) is 33.8 Å². The SMILES string of the molecule is Cc1nn(C)c(C(=O)NCC(O)c2ccsc2)c1N. The summed E-state index contributed by atoms with van der Waals surface area (Å²) in [6, 6.07) is 1.82. The van der Waals surface area contributed by atoms with Crippen molar-refractivity contribution in [1.82, 2.24) is 15.1 Å². The zero-order valence-electron chi connectivity index (χ0n) is 10.8. The molecular formula is C12H16N4O2S. The number of anilines is 1. The number of amides is 1. The number of nitrogen functional groups attached to an aromatic ring is 1. The minimum Gasteiger partial charge on any atom is -0.395 e. The lowest BCUT2D eigenvalue weighted by atomic mass is 10.2. The molecule has 1 unspecified atom stereocenters. The number of rotatable bonds is 4. The van der Waals surface area contributed by atoms with E-state index in [0.717, 1.165) is 5.56 Å². The molecule has 102 valence electrons. The lowest BCUT2D eigenvalue weighted by molar-refractivity contribution is 0.0908. The summed E-state index contributed by atoms with van der Waals surface area (Å²) >= 11 is 1.50. The van der Waals surface area contributed by atoms with Gasteiger partial charge in [-0.05, 0) is 29.3 Å². The van der Waals surface area contributed by atoms with Crippen LogP contribution >= 0.6 is 11.3 Å². The van der Waals surface area contributed by atoms with Gasteiger partial charge in [-0.3, -0.25) is 9.48 Å². The van der Waals surface area contributed by atoms with E-state index in [2.05, 4.69) is 10.4 Å². The molecule has 0 aliphatic heterocycles. The van der Waals surface area contributed by atoms with Gasteiger partial charge in [0.05, 0.1) is 17.5 Å². The fourth-order valence-corrected chi connectivity index (χ4v) is 2.51. The second-order valence-corrected chi connectivity index (χ2v) is 5.03. The molecule has 0 spiro atoms. The average molecular weight is 280 g/mol. The third-order valence-electron chi connectivity index (χ3n) is 2.87. The van der Waals surface area contributed by atoms with Crippen molar-refractivity contribution in [3.8, 4) is 0 Å². The highest BCUT2D eigenvalue weighted by Crippen LogP contribution is 2.17. The Hall–Kier alpha value is -1.86. The van der Waals surface area contributed by atoms with Crippen LogP contribution in [0.1, 0.15) is 27.8 Å². The molecule has 0 radical (unpaired) electrons. The van der Waals surface area contributed by atoms with E-state index in [0.29, 0.717) is 17.1 Å². The molecule has 4 N–H and O–H groups in total. The van der Waals surface area contributed by atoms with Gasteiger partial charge in [-0.1, -0.05) is 0 Å². The third kappa shape index (κ3) is 2.77. The van der Waals surface area contributed by atoms with Crippen LogP contribution in [0.25, 0.3) is 0 Å². The molecule has 0 fully saturated rings. The van der Waals surface area contributed by atoms with Gasteiger partial charge in [-0.2, -0.15) is 16.4 Å². The standard InChI is InChI=1S/C12H16N4O2S/c1-7-10(13)11(16(2)15-7)12(18)14-5-9(17)8-3-4-19-6-8/h3-4,6,9,17H,5,13H2,1-2H3,(H,14,18). The van der Waals surface area contributed by atoms with Crippen molar-refractivity contribution in [2.24, 2.45) is 7.05 Å². The van der Waals surface area contributed by atoms with Crippen molar-refractivity contribution in [2.75, 3.05) is 12.3 Å². The Balaban J connectivity index is 2.02. The van der Waals surface area contributed by atoms with E-state index >= 15 is 0 Å². The number of aromatic nitrogens is 2. The van der Waals surface area contributed by atoms with Gasteiger partial charge in [0.2, 0.25) is 0 Å². The van der Waals surface area contributed by atoms with Crippen LogP contribution in [0.5, 0.6) is 0 Å². The van der Waals surface area contributed by atoms with Crippen LogP contribution in [0, 0.1) is 6.92 Å². The molecule has 0 bridgehead atoms. The first kappa shape index (κ1) is 13.6. The maximum Gasteiger partial charge on any atom is 0.271 e. The Bertz CT molecular complexity index is 577. The summed E-state index contributed by atoms with van der Waals surface area (Å²) in [4.78, 5) is 12.0. The van der Waals surface area contributed by atoms with Crippen LogP contribution in [-0.2, 0) is 7.05 Å². The minimum atomic E-state index is -0.717. The number of aliphatic hydroxyl groups is 1. The molecular weight excluding hydrogens is 264 g/mol. The van der Waals surface area contributed by atoms with E-state index in [1.807, 2.05) is 16.8 Å². The van der Waals surface area contributed by atoms with E-state index in [4.69, 9.17) is 5.73 Å². The second kappa shape index (κ2) is 5.41. The highest BCUT2D eigenvalue weighted by molar-refractivity contribution is 7.07. The number of aryl methyl sites for hydroxylation is 2. The quantitative estimate of drug-likeness (QED) is 0.773. The number of thiophene rings is 1. The summed E-state index contributed by atoms with van der Waals surface area (Å²) in [7, 11) is 1.66. The number of hydrogen-bond donors (Lipinski definition) is 3. The average Bonchev–Trinajstić information content (AvgIpc) is 2.96. The van der Waals surface area contributed by atoms with Gasteiger partial charge in [-0.25, -0.2) is 0 Å². The monoisotopic (exact) mass is 280 g/mol. The summed E-state index contributed by atoms with van der Waals surface area (Å²) in [5.41, 5.74) is 7.89.